The highest BCUT2D eigenvalue weighted by molar-refractivity contribution is 5.83. The number of aliphatic carboxylic acids is 1. The highest BCUT2D eigenvalue weighted by atomic mass is 16.5. The normalized spacial score (nSPS) is 27.9. The van der Waals surface area contributed by atoms with E-state index in [9.17, 15) is 9.59 Å². The SMILES string of the molecule is CC(C)[C@H](NC(=O)N1CCOC2CCCCC21)C(=O)O. The number of morpholine rings is 1. The molecule has 0 aromatic heterocycles. The molecule has 2 fully saturated rings. The quantitative estimate of drug-likeness (QED) is 0.822. The number of amides is 2. The Morgan fingerprint density at radius 2 is 2.00 bits per heavy atom. The number of carbonyl (C=O) groups is 2. The standard InChI is InChI=1S/C14H24N2O4/c1-9(2)12(13(17)18)15-14(19)16-7-8-20-11-6-4-3-5-10(11)16/h9-12H,3-8H2,1-2H3,(H,15,19)(H,17,18)/t10?,11?,12-/m0/s1. The van der Waals surface area contributed by atoms with Gasteiger partial charge in [0.05, 0.1) is 18.8 Å². The maximum atomic E-state index is 12.4. The number of carboxylic acid groups (broad SMARTS) is 1. The number of ether oxygens (including phenoxy) is 1. The zero-order valence-electron chi connectivity index (χ0n) is 12.2. The van der Waals surface area contributed by atoms with Gasteiger partial charge in [-0.3, -0.25) is 0 Å². The average Bonchev–Trinajstić information content (AvgIpc) is 2.43. The van der Waals surface area contributed by atoms with E-state index in [1.807, 2.05) is 0 Å². The number of urea groups is 1. The molecule has 1 saturated carbocycles. The van der Waals surface area contributed by atoms with Crippen molar-refractivity contribution in [3.8, 4) is 0 Å². The second kappa shape index (κ2) is 6.43. The smallest absolute Gasteiger partial charge is 0.326 e. The largest absolute Gasteiger partial charge is 0.480 e. The van der Waals surface area contributed by atoms with Gasteiger partial charge >= 0.3 is 12.0 Å². The van der Waals surface area contributed by atoms with Crippen LogP contribution in [0.5, 0.6) is 0 Å². The van der Waals surface area contributed by atoms with Crippen LogP contribution in [0.25, 0.3) is 0 Å². The van der Waals surface area contributed by atoms with Gasteiger partial charge in [-0.05, 0) is 18.8 Å². The minimum absolute atomic E-state index is 0.0964. The zero-order valence-corrected chi connectivity index (χ0v) is 12.2. The van der Waals surface area contributed by atoms with E-state index in [-0.39, 0.29) is 24.1 Å². The molecule has 0 bridgehead atoms. The predicted molar refractivity (Wildman–Crippen MR) is 73.5 cm³/mol. The Labute approximate surface area is 119 Å². The minimum Gasteiger partial charge on any atom is -0.480 e. The summed E-state index contributed by atoms with van der Waals surface area (Å²) in [5.74, 6) is -1.12. The van der Waals surface area contributed by atoms with Crippen LogP contribution in [0.4, 0.5) is 4.79 Å². The predicted octanol–water partition coefficient (Wildman–Crippen LogP) is 1.45. The van der Waals surface area contributed by atoms with Crippen LogP contribution in [0.3, 0.4) is 0 Å². The number of carboxylic acids is 1. The van der Waals surface area contributed by atoms with Gasteiger partial charge < -0.3 is 20.1 Å². The van der Waals surface area contributed by atoms with Crippen LogP contribution in [-0.2, 0) is 9.53 Å². The Balaban J connectivity index is 2.01. The van der Waals surface area contributed by atoms with E-state index < -0.39 is 12.0 Å². The van der Waals surface area contributed by atoms with E-state index >= 15 is 0 Å². The van der Waals surface area contributed by atoms with Crippen molar-refractivity contribution in [2.24, 2.45) is 5.92 Å². The van der Waals surface area contributed by atoms with Crippen molar-refractivity contribution in [2.75, 3.05) is 13.2 Å². The third-order valence-corrected chi connectivity index (χ3v) is 4.20. The van der Waals surface area contributed by atoms with Crippen molar-refractivity contribution >= 4 is 12.0 Å². The molecule has 0 aromatic rings. The number of carbonyl (C=O) groups excluding carboxylic acids is 1. The molecule has 6 heteroatoms. The number of nitrogens with one attached hydrogen (secondary N) is 1. The summed E-state index contributed by atoms with van der Waals surface area (Å²) in [5, 5.41) is 11.8. The molecule has 0 spiro atoms. The van der Waals surface area contributed by atoms with Crippen molar-refractivity contribution in [3.63, 3.8) is 0 Å². The Bertz CT molecular complexity index is 370. The van der Waals surface area contributed by atoms with Gasteiger partial charge in [0.15, 0.2) is 0 Å². The molecule has 2 amide bonds. The second-order valence-corrected chi connectivity index (χ2v) is 5.96. The topological polar surface area (TPSA) is 78.9 Å². The molecule has 1 aliphatic heterocycles. The van der Waals surface area contributed by atoms with Gasteiger partial charge in [-0.1, -0.05) is 26.7 Å². The molecule has 1 aliphatic carbocycles. The van der Waals surface area contributed by atoms with Crippen LogP contribution in [0, 0.1) is 5.92 Å². The number of nitrogens with zero attached hydrogens (tertiary/aromatic N) is 1. The lowest BCUT2D eigenvalue weighted by atomic mass is 9.90. The van der Waals surface area contributed by atoms with Gasteiger partial charge in [-0.2, -0.15) is 0 Å². The van der Waals surface area contributed by atoms with Crippen molar-refractivity contribution in [2.45, 2.75) is 57.7 Å². The molecule has 20 heavy (non-hydrogen) atoms. The second-order valence-electron chi connectivity index (χ2n) is 5.96. The molecule has 1 heterocycles. The number of hydrogen-bond donors (Lipinski definition) is 2. The summed E-state index contributed by atoms with van der Waals surface area (Å²) in [6.45, 7) is 4.66. The van der Waals surface area contributed by atoms with Crippen LogP contribution in [-0.4, -0.2) is 53.3 Å². The minimum atomic E-state index is -0.984. The van der Waals surface area contributed by atoms with Crippen molar-refractivity contribution < 1.29 is 19.4 Å². The summed E-state index contributed by atoms with van der Waals surface area (Å²) in [6.07, 6.45) is 4.28. The lowest BCUT2D eigenvalue weighted by Gasteiger charge is -2.44. The lowest BCUT2D eigenvalue weighted by Crippen LogP contribution is -2.59. The summed E-state index contributed by atoms with van der Waals surface area (Å²) in [5.41, 5.74) is 0. The van der Waals surface area contributed by atoms with Crippen molar-refractivity contribution in [3.05, 3.63) is 0 Å². The van der Waals surface area contributed by atoms with Crippen LogP contribution in [0.15, 0.2) is 0 Å². The van der Waals surface area contributed by atoms with Crippen LogP contribution >= 0.6 is 0 Å². The van der Waals surface area contributed by atoms with Gasteiger partial charge in [-0.15, -0.1) is 0 Å². The Kier molecular flexibility index (Phi) is 4.86. The molecule has 114 valence electrons. The Morgan fingerprint density at radius 3 is 2.65 bits per heavy atom. The molecule has 0 aromatic carbocycles. The summed E-state index contributed by atoms with van der Waals surface area (Å²) in [4.78, 5) is 25.3. The van der Waals surface area contributed by atoms with E-state index in [0.29, 0.717) is 13.2 Å². The molecule has 3 atom stereocenters. The maximum absolute atomic E-state index is 12.4. The van der Waals surface area contributed by atoms with Crippen molar-refractivity contribution in [1.29, 1.82) is 0 Å². The van der Waals surface area contributed by atoms with Gasteiger partial charge in [0.2, 0.25) is 0 Å². The van der Waals surface area contributed by atoms with Gasteiger partial charge in [0.25, 0.3) is 0 Å². The monoisotopic (exact) mass is 284 g/mol. The van der Waals surface area contributed by atoms with E-state index in [4.69, 9.17) is 9.84 Å². The average molecular weight is 284 g/mol. The Morgan fingerprint density at radius 1 is 1.30 bits per heavy atom. The first kappa shape index (κ1) is 15.1. The van der Waals surface area contributed by atoms with E-state index in [0.717, 1.165) is 25.7 Å². The summed E-state index contributed by atoms with van der Waals surface area (Å²) in [6, 6.07) is -1.02. The molecular weight excluding hydrogens is 260 g/mol. The van der Waals surface area contributed by atoms with E-state index in [1.54, 1.807) is 18.7 Å². The lowest BCUT2D eigenvalue weighted by molar-refractivity contribution is -0.140. The maximum Gasteiger partial charge on any atom is 0.326 e. The van der Waals surface area contributed by atoms with E-state index in [1.165, 1.54) is 0 Å². The first-order valence-electron chi connectivity index (χ1n) is 7.42. The van der Waals surface area contributed by atoms with Gasteiger partial charge in [-0.25, -0.2) is 9.59 Å². The molecule has 2 rings (SSSR count). The number of rotatable bonds is 3. The molecule has 0 radical (unpaired) electrons. The third-order valence-electron chi connectivity index (χ3n) is 4.20. The molecule has 1 saturated heterocycles. The fourth-order valence-corrected chi connectivity index (χ4v) is 3.08. The first-order valence-corrected chi connectivity index (χ1v) is 7.42. The van der Waals surface area contributed by atoms with Crippen LogP contribution < -0.4 is 5.32 Å². The van der Waals surface area contributed by atoms with Crippen LogP contribution in [0.2, 0.25) is 0 Å². The van der Waals surface area contributed by atoms with Gasteiger partial charge in [0, 0.05) is 6.54 Å². The van der Waals surface area contributed by atoms with Crippen molar-refractivity contribution in [1.82, 2.24) is 10.2 Å². The molecule has 6 nitrogen and oxygen atoms in total. The molecule has 2 N–H and O–H groups in total. The summed E-state index contributed by atoms with van der Waals surface area (Å²) >= 11 is 0. The van der Waals surface area contributed by atoms with Crippen LogP contribution in [0.1, 0.15) is 39.5 Å². The van der Waals surface area contributed by atoms with E-state index in [2.05, 4.69) is 5.32 Å². The van der Waals surface area contributed by atoms with Gasteiger partial charge in [0.1, 0.15) is 6.04 Å². The fourth-order valence-electron chi connectivity index (χ4n) is 3.08. The highest BCUT2D eigenvalue weighted by Gasteiger charge is 2.38. The fraction of sp³-hybridized carbons (Fsp3) is 0.857. The summed E-state index contributed by atoms with van der Waals surface area (Å²) in [7, 11) is 0. The summed E-state index contributed by atoms with van der Waals surface area (Å²) < 4.78 is 5.72. The Hall–Kier alpha value is -1.30. The first-order chi connectivity index (χ1) is 9.50. The highest BCUT2D eigenvalue weighted by Crippen LogP contribution is 2.28. The molecular formula is C14H24N2O4. The third kappa shape index (κ3) is 3.23. The molecule has 2 aliphatic rings. The number of fused-ring (bicyclic) bond motifs is 1. The zero-order chi connectivity index (χ0) is 14.7. The molecule has 2 unspecified atom stereocenters. The number of hydrogen-bond acceptors (Lipinski definition) is 3.